The van der Waals surface area contributed by atoms with Crippen LogP contribution in [0, 0.1) is 0 Å². The maximum atomic E-state index is 12.8. The van der Waals surface area contributed by atoms with Gasteiger partial charge < -0.3 is 23.8 Å². The quantitative estimate of drug-likeness (QED) is 0.0284. The van der Waals surface area contributed by atoms with Gasteiger partial charge in [0.2, 0.25) is 0 Å². The molecule has 0 saturated heterocycles. The number of esters is 2. The molecule has 0 aliphatic rings. The van der Waals surface area contributed by atoms with Gasteiger partial charge in [-0.15, -0.1) is 0 Å². The van der Waals surface area contributed by atoms with Crippen molar-refractivity contribution in [2.24, 2.45) is 0 Å². The lowest BCUT2D eigenvalue weighted by atomic mass is 10.1. The molecule has 0 fully saturated rings. The third-order valence-corrected chi connectivity index (χ3v) is 10.1. The fourth-order valence-electron chi connectivity index (χ4n) is 6.46. The number of carbonyl (C=O) groups is 3. The number of rotatable bonds is 41. The van der Waals surface area contributed by atoms with E-state index in [0.29, 0.717) is 19.3 Å². The van der Waals surface area contributed by atoms with Crippen LogP contribution in [0.3, 0.4) is 0 Å². The van der Waals surface area contributed by atoms with Gasteiger partial charge >= 0.3 is 17.9 Å². The van der Waals surface area contributed by atoms with Gasteiger partial charge in [-0.3, -0.25) is 9.59 Å². The number of hydrogen-bond donors (Lipinski definition) is 1. The Morgan fingerprint density at radius 2 is 0.949 bits per heavy atom. The first kappa shape index (κ1) is 55.8. The van der Waals surface area contributed by atoms with Gasteiger partial charge in [0.05, 0.1) is 34.4 Å². The Morgan fingerprint density at radius 1 is 0.525 bits per heavy atom. The van der Waals surface area contributed by atoms with Crippen LogP contribution in [0.4, 0.5) is 0 Å². The summed E-state index contributed by atoms with van der Waals surface area (Å²) in [4.78, 5) is 37.0. The van der Waals surface area contributed by atoms with Gasteiger partial charge in [-0.1, -0.05) is 151 Å². The van der Waals surface area contributed by atoms with Gasteiger partial charge in [-0.05, 0) is 83.5 Å². The van der Waals surface area contributed by atoms with E-state index in [4.69, 9.17) is 14.2 Å². The summed E-state index contributed by atoms with van der Waals surface area (Å²) in [7, 11) is 5.52. The largest absolute Gasteiger partial charge is 0.477 e. The second-order valence-electron chi connectivity index (χ2n) is 16.6. The lowest BCUT2D eigenvalue weighted by molar-refractivity contribution is -0.887. The van der Waals surface area contributed by atoms with Crippen molar-refractivity contribution in [2.75, 3.05) is 41.0 Å². The van der Waals surface area contributed by atoms with E-state index in [2.05, 4.69) is 86.8 Å². The van der Waals surface area contributed by atoms with E-state index in [1.54, 1.807) is 0 Å². The maximum Gasteiger partial charge on any atom is 0.362 e. The van der Waals surface area contributed by atoms with Crippen LogP contribution in [0.2, 0.25) is 0 Å². The zero-order valence-electron chi connectivity index (χ0n) is 38.4. The zero-order chi connectivity index (χ0) is 43.5. The first-order valence-electron chi connectivity index (χ1n) is 23.5. The van der Waals surface area contributed by atoms with Gasteiger partial charge in [-0.25, -0.2) is 4.79 Å². The molecular formula is C51H88NO7+. The minimum Gasteiger partial charge on any atom is -0.477 e. The van der Waals surface area contributed by atoms with Crippen molar-refractivity contribution in [1.29, 1.82) is 0 Å². The van der Waals surface area contributed by atoms with Crippen LogP contribution in [0.15, 0.2) is 72.9 Å². The first-order valence-corrected chi connectivity index (χ1v) is 23.5. The summed E-state index contributed by atoms with van der Waals surface area (Å²) in [5.74, 6) is -1.50. The van der Waals surface area contributed by atoms with Crippen LogP contribution in [-0.4, -0.2) is 80.6 Å². The molecule has 0 bridgehead atoms. The average Bonchev–Trinajstić information content (AvgIpc) is 3.19. The molecule has 0 heterocycles. The molecule has 0 spiro atoms. The molecule has 1 N–H and O–H groups in total. The van der Waals surface area contributed by atoms with Crippen molar-refractivity contribution in [3.63, 3.8) is 0 Å². The van der Waals surface area contributed by atoms with Gasteiger partial charge in [-0.2, -0.15) is 0 Å². The van der Waals surface area contributed by atoms with Crippen LogP contribution in [0.25, 0.3) is 0 Å². The second-order valence-corrected chi connectivity index (χ2v) is 16.6. The summed E-state index contributed by atoms with van der Waals surface area (Å²) < 4.78 is 17.3. The summed E-state index contributed by atoms with van der Waals surface area (Å²) in [5.41, 5.74) is 0. The highest BCUT2D eigenvalue weighted by Gasteiger charge is 2.31. The molecule has 8 nitrogen and oxygen atoms in total. The lowest BCUT2D eigenvalue weighted by Crippen LogP contribution is -2.50. The molecule has 0 aliphatic heterocycles. The minimum atomic E-state index is -0.881. The predicted molar refractivity (Wildman–Crippen MR) is 247 cm³/mol. The number of unbranched alkanes of at least 4 members (excludes halogenated alkanes) is 15. The smallest absolute Gasteiger partial charge is 0.362 e. The Hall–Kier alpha value is -3.23. The van der Waals surface area contributed by atoms with Crippen LogP contribution < -0.4 is 0 Å². The summed E-state index contributed by atoms with van der Waals surface area (Å²) in [6, 6.07) is -0.621. The molecular weight excluding hydrogens is 739 g/mol. The normalized spacial score (nSPS) is 13.6. The van der Waals surface area contributed by atoms with Gasteiger partial charge in [0.1, 0.15) is 6.61 Å². The number of hydrogen-bond acceptors (Lipinski definition) is 6. The highest BCUT2D eigenvalue weighted by Crippen LogP contribution is 2.14. The number of allylic oxidation sites excluding steroid dienone is 12. The maximum absolute atomic E-state index is 12.8. The minimum absolute atomic E-state index is 0.0508. The van der Waals surface area contributed by atoms with Crippen LogP contribution in [0.5, 0.6) is 0 Å². The number of nitrogens with zero attached hydrogens (tertiary/aromatic N) is 1. The third-order valence-electron chi connectivity index (χ3n) is 10.1. The van der Waals surface area contributed by atoms with E-state index in [1.807, 2.05) is 21.1 Å². The van der Waals surface area contributed by atoms with Crippen LogP contribution in [-0.2, 0) is 28.6 Å². The predicted octanol–water partition coefficient (Wildman–Crippen LogP) is 13.1. The van der Waals surface area contributed by atoms with Crippen molar-refractivity contribution < 1.29 is 38.2 Å². The SMILES string of the molecule is CC/C=C/C/C=C/C/C=C/C/C=C/C/C=C/CCCCCCCCCC(=O)OC(COCCC(C(=O)O)[N+](C)(C)C)COC(=O)CCCCCCC/C=C/CCCCC. The van der Waals surface area contributed by atoms with Crippen molar-refractivity contribution in [3.05, 3.63) is 72.9 Å². The molecule has 0 rings (SSSR count). The highest BCUT2D eigenvalue weighted by molar-refractivity contribution is 5.72. The fraction of sp³-hybridized carbons (Fsp3) is 0.706. The number of aliphatic carboxylic acids is 1. The lowest BCUT2D eigenvalue weighted by Gasteiger charge is -2.31. The van der Waals surface area contributed by atoms with E-state index in [0.717, 1.165) is 96.3 Å². The van der Waals surface area contributed by atoms with Gasteiger partial charge in [0.25, 0.3) is 0 Å². The first-order chi connectivity index (χ1) is 28.6. The monoisotopic (exact) mass is 827 g/mol. The second kappa shape index (κ2) is 41.5. The Kier molecular flexibility index (Phi) is 39.2. The molecule has 59 heavy (non-hydrogen) atoms. The van der Waals surface area contributed by atoms with Crippen molar-refractivity contribution in [2.45, 2.75) is 193 Å². The zero-order valence-corrected chi connectivity index (χ0v) is 38.4. The standard InChI is InChI=1S/C51H87NO7/c1-6-8-10-12-14-16-18-20-21-22-23-24-25-26-27-28-29-30-32-34-36-38-40-42-50(54)59-47(45-57-44-43-48(51(55)56)52(3,4)5)46-58-49(53)41-39-37-35-33-31-19-17-15-13-11-9-7-2/h8,10,14-17,20-21,23-24,26-27,47-48H,6-7,9,11-13,18-19,22,25,28-46H2,1-5H3/p+1/b10-8+,16-14+,17-15+,21-20+,24-23+,27-26+. The molecule has 0 aromatic rings. The number of quaternary nitrogens is 1. The number of likely N-dealkylation sites (N-methyl/N-ethyl adjacent to an activating group) is 1. The Labute approximate surface area is 361 Å². The van der Waals surface area contributed by atoms with E-state index in [-0.39, 0.29) is 36.2 Å². The Balaban J connectivity index is 4.31. The van der Waals surface area contributed by atoms with Crippen molar-refractivity contribution >= 4 is 17.9 Å². The van der Waals surface area contributed by atoms with E-state index in [9.17, 15) is 19.5 Å². The summed E-state index contributed by atoms with van der Waals surface area (Å²) in [6.07, 6.45) is 52.3. The van der Waals surface area contributed by atoms with Crippen molar-refractivity contribution in [3.8, 4) is 0 Å². The van der Waals surface area contributed by atoms with Crippen LogP contribution in [0.1, 0.15) is 181 Å². The summed E-state index contributed by atoms with van der Waals surface area (Å²) in [6.45, 7) is 4.57. The average molecular weight is 827 g/mol. The molecule has 2 unspecified atom stereocenters. The van der Waals surface area contributed by atoms with Crippen LogP contribution >= 0.6 is 0 Å². The van der Waals surface area contributed by atoms with E-state index < -0.39 is 18.1 Å². The third kappa shape index (κ3) is 40.0. The van der Waals surface area contributed by atoms with E-state index >= 15 is 0 Å². The summed E-state index contributed by atoms with van der Waals surface area (Å²) >= 11 is 0. The topological polar surface area (TPSA) is 99.1 Å². The molecule has 0 aliphatic carbocycles. The molecule has 0 radical (unpaired) electrons. The van der Waals surface area contributed by atoms with Gasteiger partial charge in [0.15, 0.2) is 12.1 Å². The number of carbonyl (C=O) groups excluding carboxylic acids is 2. The van der Waals surface area contributed by atoms with Crippen molar-refractivity contribution in [1.82, 2.24) is 0 Å². The molecule has 0 aromatic carbocycles. The van der Waals surface area contributed by atoms with Gasteiger partial charge in [0, 0.05) is 19.3 Å². The molecule has 8 heteroatoms. The fourth-order valence-corrected chi connectivity index (χ4v) is 6.46. The van der Waals surface area contributed by atoms with E-state index in [1.165, 1.54) is 51.4 Å². The molecule has 0 saturated carbocycles. The Morgan fingerprint density at radius 3 is 1.42 bits per heavy atom. The Bertz CT molecular complexity index is 1190. The molecule has 338 valence electrons. The highest BCUT2D eigenvalue weighted by atomic mass is 16.6. The molecule has 0 aromatic heterocycles. The summed E-state index contributed by atoms with van der Waals surface area (Å²) in [5, 5.41) is 9.63. The number of ether oxygens (including phenoxy) is 3. The molecule has 2 atom stereocenters. The number of carboxylic acids is 1. The molecule has 0 amide bonds. The number of carboxylic acid groups (broad SMARTS) is 1.